The molecule has 2 aromatic carbocycles. The summed E-state index contributed by atoms with van der Waals surface area (Å²) in [4.78, 5) is 40.5. The van der Waals surface area contributed by atoms with Crippen LogP contribution < -0.4 is 0 Å². The zero-order valence-electron chi connectivity index (χ0n) is 28.7. The van der Waals surface area contributed by atoms with Crippen LogP contribution in [0.2, 0.25) is 0 Å². The Bertz CT molecular complexity index is 1690. The Morgan fingerprint density at radius 2 is 1.67 bits per heavy atom. The molecule has 3 heterocycles. The van der Waals surface area contributed by atoms with Gasteiger partial charge in [-0.1, -0.05) is 79.6 Å². The molecule has 49 heavy (non-hydrogen) atoms. The van der Waals surface area contributed by atoms with Gasteiger partial charge in [0, 0.05) is 31.4 Å². The van der Waals surface area contributed by atoms with Gasteiger partial charge in [-0.25, -0.2) is 9.78 Å². The minimum atomic E-state index is -1.16. The van der Waals surface area contributed by atoms with E-state index in [1.54, 1.807) is 17.4 Å². The number of imidazole rings is 1. The second-order valence-corrected chi connectivity index (χ2v) is 14.2. The molecule has 10 nitrogen and oxygen atoms in total. The monoisotopic (exact) mass is 665 g/mol. The smallest absolute Gasteiger partial charge is 0.410 e. The predicted octanol–water partition coefficient (Wildman–Crippen LogP) is 6.31. The number of hydrogen-bond donors (Lipinski definition) is 1. The summed E-state index contributed by atoms with van der Waals surface area (Å²) in [5.41, 5.74) is 1.94. The molecule has 10 heteroatoms. The number of carbonyl (C=O) groups excluding carboxylic acids is 2. The number of nitrogens with zero attached hydrogens (tertiary/aromatic N) is 5. The summed E-state index contributed by atoms with van der Waals surface area (Å²) in [6.07, 6.45) is 6.74. The van der Waals surface area contributed by atoms with Crippen LogP contribution >= 0.6 is 0 Å². The molecule has 6 rings (SSSR count). The molecule has 2 aromatic heterocycles. The summed E-state index contributed by atoms with van der Waals surface area (Å²) in [6, 6.07) is 24.8. The Balaban J connectivity index is 1.31. The largest absolute Gasteiger partial charge is 0.444 e. The van der Waals surface area contributed by atoms with Crippen LogP contribution in [0.3, 0.4) is 0 Å². The molecule has 1 saturated carbocycles. The van der Waals surface area contributed by atoms with Gasteiger partial charge in [-0.3, -0.25) is 9.78 Å². The predicted molar refractivity (Wildman–Crippen MR) is 187 cm³/mol. The number of aliphatic hydroxyl groups is 1. The summed E-state index contributed by atoms with van der Waals surface area (Å²) in [5, 5.41) is 12.2. The Labute approximate surface area is 288 Å². The lowest BCUT2D eigenvalue weighted by atomic mass is 9.80. The second-order valence-electron chi connectivity index (χ2n) is 14.2. The van der Waals surface area contributed by atoms with Crippen LogP contribution in [0.4, 0.5) is 4.79 Å². The molecule has 2 fully saturated rings. The first-order valence-corrected chi connectivity index (χ1v) is 17.3. The van der Waals surface area contributed by atoms with Crippen LogP contribution in [0.25, 0.3) is 11.3 Å². The number of carbonyl (C=O) groups is 2. The van der Waals surface area contributed by atoms with E-state index in [1.807, 2.05) is 109 Å². The molecular formula is C39H47N5O5. The van der Waals surface area contributed by atoms with Gasteiger partial charge < -0.3 is 28.9 Å². The molecule has 1 N–H and O–H groups in total. The molecule has 0 spiro atoms. The molecule has 1 saturated heterocycles. The Morgan fingerprint density at radius 1 is 0.939 bits per heavy atom. The number of pyridine rings is 1. The molecule has 2 aliphatic rings. The van der Waals surface area contributed by atoms with Gasteiger partial charge in [-0.2, -0.15) is 0 Å². The summed E-state index contributed by atoms with van der Waals surface area (Å²) in [7, 11) is 0. The molecular weight excluding hydrogens is 618 g/mol. The van der Waals surface area contributed by atoms with Crippen molar-refractivity contribution in [2.24, 2.45) is 0 Å². The maximum Gasteiger partial charge on any atom is 0.410 e. The van der Waals surface area contributed by atoms with Gasteiger partial charge in [-0.15, -0.1) is 0 Å². The summed E-state index contributed by atoms with van der Waals surface area (Å²) < 4.78 is 13.8. The van der Waals surface area contributed by atoms with E-state index in [9.17, 15) is 14.7 Å². The highest BCUT2D eigenvalue weighted by Crippen LogP contribution is 2.41. The van der Waals surface area contributed by atoms with Crippen molar-refractivity contribution in [1.29, 1.82) is 0 Å². The summed E-state index contributed by atoms with van der Waals surface area (Å²) in [5.74, 6) is -0.201. The van der Waals surface area contributed by atoms with Gasteiger partial charge in [0.2, 0.25) is 0 Å². The first-order chi connectivity index (χ1) is 23.6. The first kappa shape index (κ1) is 34.3. The van der Waals surface area contributed by atoms with Gasteiger partial charge in [0.05, 0.1) is 43.0 Å². The highest BCUT2D eigenvalue weighted by molar-refractivity contribution is 5.98. The standard InChI is InChI=1S/C39H47N5O5/c1-38(2,3)49-37(46)42-22-23-43(32(25-42)24-29-14-6-4-7-15-29)36(45)34-35(30-16-8-5-9-17-30)44(28-41-34)33-19-10-12-20-39(33,47)27-48-26-31-18-11-13-21-40-31/h4-9,11,13-18,21,28,32-33,47H,10,12,19-20,22-27H2,1-3H3/t32-,33+,39+/m1/s1. The van der Waals surface area contributed by atoms with Crippen LogP contribution in [0.1, 0.15) is 74.2 Å². The highest BCUT2D eigenvalue weighted by atomic mass is 16.6. The number of rotatable bonds is 9. The van der Waals surface area contributed by atoms with Crippen LogP contribution in [0.15, 0.2) is 91.4 Å². The van der Waals surface area contributed by atoms with Crippen LogP contribution in [0.5, 0.6) is 0 Å². The lowest BCUT2D eigenvalue weighted by Gasteiger charge is -2.42. The van der Waals surface area contributed by atoms with Crippen molar-refractivity contribution in [1.82, 2.24) is 24.3 Å². The third-order valence-corrected chi connectivity index (χ3v) is 9.37. The lowest BCUT2D eigenvalue weighted by Crippen LogP contribution is -2.58. The number of amides is 2. The fraction of sp³-hybridized carbons (Fsp3) is 0.436. The molecule has 1 aliphatic carbocycles. The fourth-order valence-corrected chi connectivity index (χ4v) is 7.03. The number of hydrogen-bond acceptors (Lipinski definition) is 7. The van der Waals surface area contributed by atoms with E-state index in [0.29, 0.717) is 50.5 Å². The average molecular weight is 666 g/mol. The van der Waals surface area contributed by atoms with Gasteiger partial charge >= 0.3 is 6.09 Å². The van der Waals surface area contributed by atoms with E-state index in [2.05, 4.69) is 4.98 Å². The first-order valence-electron chi connectivity index (χ1n) is 17.3. The van der Waals surface area contributed by atoms with Crippen LogP contribution in [-0.4, -0.2) is 84.9 Å². The zero-order chi connectivity index (χ0) is 34.4. The van der Waals surface area contributed by atoms with Crippen molar-refractivity contribution in [3.8, 4) is 11.3 Å². The second kappa shape index (κ2) is 14.9. The van der Waals surface area contributed by atoms with Crippen molar-refractivity contribution in [3.05, 3.63) is 108 Å². The fourth-order valence-electron chi connectivity index (χ4n) is 7.03. The van der Waals surface area contributed by atoms with Crippen LogP contribution in [0, 0.1) is 0 Å². The molecule has 2 amide bonds. The maximum atomic E-state index is 14.7. The van der Waals surface area contributed by atoms with E-state index < -0.39 is 11.2 Å². The van der Waals surface area contributed by atoms with Crippen molar-refractivity contribution in [2.75, 3.05) is 26.2 Å². The third kappa shape index (κ3) is 8.20. The van der Waals surface area contributed by atoms with E-state index in [4.69, 9.17) is 14.5 Å². The van der Waals surface area contributed by atoms with Gasteiger partial charge in [0.15, 0.2) is 5.69 Å². The minimum Gasteiger partial charge on any atom is -0.444 e. The minimum absolute atomic E-state index is 0.135. The number of ether oxygens (including phenoxy) is 2. The quantitative estimate of drug-likeness (QED) is 0.223. The van der Waals surface area contributed by atoms with E-state index in [1.165, 1.54) is 0 Å². The Hall–Kier alpha value is -4.54. The van der Waals surface area contributed by atoms with Crippen LogP contribution in [-0.2, 0) is 22.5 Å². The van der Waals surface area contributed by atoms with Crippen molar-refractivity contribution in [2.45, 2.75) is 82.8 Å². The average Bonchev–Trinajstić information content (AvgIpc) is 3.53. The summed E-state index contributed by atoms with van der Waals surface area (Å²) >= 11 is 0. The summed E-state index contributed by atoms with van der Waals surface area (Å²) in [6.45, 7) is 7.03. The maximum absolute atomic E-state index is 14.7. The number of aromatic nitrogens is 3. The third-order valence-electron chi connectivity index (χ3n) is 9.37. The molecule has 258 valence electrons. The molecule has 4 aromatic rings. The Morgan fingerprint density at radius 3 is 2.39 bits per heavy atom. The molecule has 3 atom stereocenters. The number of benzene rings is 2. The van der Waals surface area contributed by atoms with Crippen molar-refractivity contribution >= 4 is 12.0 Å². The number of piperazine rings is 1. The lowest BCUT2D eigenvalue weighted by molar-refractivity contribution is -0.103. The molecule has 0 bridgehead atoms. The van der Waals surface area contributed by atoms with Gasteiger partial charge in [0.25, 0.3) is 5.91 Å². The molecule has 0 radical (unpaired) electrons. The van der Waals surface area contributed by atoms with E-state index >= 15 is 0 Å². The van der Waals surface area contributed by atoms with Gasteiger partial charge in [-0.05, 0) is 57.7 Å². The topological polar surface area (TPSA) is 110 Å². The Kier molecular flexibility index (Phi) is 10.5. The molecule has 0 unspecified atom stereocenters. The van der Waals surface area contributed by atoms with Crippen molar-refractivity contribution < 1.29 is 24.2 Å². The van der Waals surface area contributed by atoms with E-state index in [-0.39, 0.29) is 30.7 Å². The zero-order valence-corrected chi connectivity index (χ0v) is 28.7. The van der Waals surface area contributed by atoms with E-state index in [0.717, 1.165) is 36.1 Å². The van der Waals surface area contributed by atoms with Crippen molar-refractivity contribution in [3.63, 3.8) is 0 Å². The SMILES string of the molecule is CC(C)(C)OC(=O)N1CCN(C(=O)c2ncn([C@H]3CCCC[C@]3(O)COCc3ccccn3)c2-c2ccccc2)[C@H](Cc2ccccc2)C1. The van der Waals surface area contributed by atoms with Gasteiger partial charge in [0.1, 0.15) is 11.2 Å². The highest BCUT2D eigenvalue weighted by Gasteiger charge is 2.43. The normalized spacial score (nSPS) is 21.4. The molecule has 1 aliphatic heterocycles.